The van der Waals surface area contributed by atoms with Crippen molar-refractivity contribution >= 4 is 29.5 Å². The molecule has 4 rings (SSSR count). The van der Waals surface area contributed by atoms with Gasteiger partial charge in [-0.2, -0.15) is 9.78 Å². The smallest absolute Gasteiger partial charge is 0.342 e. The molecule has 4 N–H and O–H groups in total. The number of nitrogens with one attached hydrogen (secondary N) is 4. The molecule has 4 amide bonds. The first-order valence-corrected chi connectivity index (χ1v) is 13.2. The van der Waals surface area contributed by atoms with Crippen molar-refractivity contribution in [1.29, 1.82) is 0 Å². The molecule has 0 saturated carbocycles. The van der Waals surface area contributed by atoms with Crippen LogP contribution in [0.4, 0.5) is 29.9 Å². The van der Waals surface area contributed by atoms with E-state index in [4.69, 9.17) is 4.74 Å². The predicted octanol–water partition coefficient (Wildman–Crippen LogP) is 5.08. The molecule has 2 aromatic heterocycles. The number of aryl methyl sites for hydroxylation is 2. The number of aromatic nitrogens is 3. The van der Waals surface area contributed by atoms with Crippen molar-refractivity contribution in [2.24, 2.45) is 0 Å². The van der Waals surface area contributed by atoms with Gasteiger partial charge >= 0.3 is 12.1 Å². The third kappa shape index (κ3) is 9.21. The summed E-state index contributed by atoms with van der Waals surface area (Å²) in [7, 11) is 0. The molecule has 0 atom stereocenters. The number of hydrogen-bond acceptors (Lipinski definition) is 7. The van der Waals surface area contributed by atoms with Gasteiger partial charge in [-0.05, 0) is 55.8 Å². The van der Waals surface area contributed by atoms with Crippen molar-refractivity contribution < 1.29 is 27.9 Å². The van der Waals surface area contributed by atoms with Gasteiger partial charge in [-0.1, -0.05) is 24.3 Å². The quantitative estimate of drug-likeness (QED) is 0.189. The number of imide groups is 1. The summed E-state index contributed by atoms with van der Waals surface area (Å²) in [5.41, 5.74) is 2.14. The van der Waals surface area contributed by atoms with Crippen LogP contribution in [0.5, 0.6) is 11.5 Å². The molecule has 222 valence electrons. The van der Waals surface area contributed by atoms with E-state index >= 15 is 0 Å². The van der Waals surface area contributed by atoms with Crippen LogP contribution in [0.2, 0.25) is 0 Å². The van der Waals surface area contributed by atoms with Crippen LogP contribution in [0, 0.1) is 25.5 Å². The van der Waals surface area contributed by atoms with Gasteiger partial charge in [0, 0.05) is 42.8 Å². The molecule has 2 aromatic carbocycles. The number of ether oxygens (including phenoxy) is 1. The highest BCUT2D eigenvalue weighted by Gasteiger charge is 2.12. The van der Waals surface area contributed by atoms with Gasteiger partial charge in [0.2, 0.25) is 5.91 Å². The van der Waals surface area contributed by atoms with Crippen molar-refractivity contribution in [3.63, 3.8) is 0 Å². The molecule has 0 aliphatic carbocycles. The number of pyridine rings is 1. The van der Waals surface area contributed by atoms with Gasteiger partial charge in [0.25, 0.3) is 0 Å². The van der Waals surface area contributed by atoms with Crippen molar-refractivity contribution in [2.75, 3.05) is 23.7 Å². The number of carbonyl (C=O) groups is 3. The Morgan fingerprint density at radius 1 is 0.953 bits per heavy atom. The van der Waals surface area contributed by atoms with Gasteiger partial charge in [-0.3, -0.25) is 10.1 Å². The topological polar surface area (TPSA) is 139 Å². The normalized spacial score (nSPS) is 10.8. The number of benzene rings is 2. The van der Waals surface area contributed by atoms with Gasteiger partial charge in [0.05, 0.1) is 12.1 Å². The first-order valence-electron chi connectivity index (χ1n) is 13.2. The molecule has 0 unspecified atom stereocenters. The number of nitrogens with zero attached hydrogens (tertiary/aromatic N) is 3. The van der Waals surface area contributed by atoms with Gasteiger partial charge in [-0.25, -0.2) is 23.4 Å². The summed E-state index contributed by atoms with van der Waals surface area (Å²) in [5.74, 6) is -1.07. The number of anilines is 2. The molecule has 13 heteroatoms. The van der Waals surface area contributed by atoms with Crippen LogP contribution in [-0.4, -0.2) is 45.8 Å². The molecule has 43 heavy (non-hydrogen) atoms. The lowest BCUT2D eigenvalue weighted by Gasteiger charge is -2.11. The third-order valence-corrected chi connectivity index (χ3v) is 5.82. The minimum Gasteiger partial charge on any atom is -0.454 e. The van der Waals surface area contributed by atoms with Crippen LogP contribution in [0.15, 0.2) is 79.0 Å². The maximum atomic E-state index is 14.7. The molecule has 0 spiro atoms. The average Bonchev–Trinajstić information content (AvgIpc) is 3.31. The fraction of sp³-hybridized carbons (Fsp3) is 0.167. The summed E-state index contributed by atoms with van der Waals surface area (Å²) in [5, 5.41) is 14.5. The Morgan fingerprint density at radius 2 is 1.72 bits per heavy atom. The van der Waals surface area contributed by atoms with E-state index in [2.05, 4.69) is 31.3 Å². The average molecular weight is 590 g/mol. The van der Waals surface area contributed by atoms with Crippen LogP contribution in [0.3, 0.4) is 0 Å². The van der Waals surface area contributed by atoms with Crippen LogP contribution < -0.4 is 26.0 Å². The van der Waals surface area contributed by atoms with E-state index in [-0.39, 0.29) is 23.9 Å². The first-order chi connectivity index (χ1) is 20.7. The highest BCUT2D eigenvalue weighted by Crippen LogP contribution is 2.27. The van der Waals surface area contributed by atoms with Gasteiger partial charge in [0.1, 0.15) is 17.4 Å². The second kappa shape index (κ2) is 14.3. The number of carbonyl (C=O) groups excluding carboxylic acids is 3. The molecular formula is C30H29F2N7O4. The highest BCUT2D eigenvalue weighted by molar-refractivity contribution is 6.01. The van der Waals surface area contributed by atoms with E-state index in [1.807, 2.05) is 19.1 Å². The molecule has 0 aliphatic heterocycles. The summed E-state index contributed by atoms with van der Waals surface area (Å²) in [6.45, 7) is 4.34. The number of amides is 4. The molecule has 0 radical (unpaired) electrons. The van der Waals surface area contributed by atoms with Crippen molar-refractivity contribution in [2.45, 2.75) is 20.3 Å². The highest BCUT2D eigenvalue weighted by atomic mass is 19.1. The minimum absolute atomic E-state index is 0.0891. The largest absolute Gasteiger partial charge is 0.454 e. The van der Waals surface area contributed by atoms with E-state index in [1.54, 1.807) is 25.1 Å². The SMILES string of the molecule is Cc1cc(C)n(C(=O)NC/C=C/CNc2cc(Oc3ccc(NC(=O)NC(=O)Cc4ccc(F)cc4)cc3F)ccn2)n1. The zero-order valence-electron chi connectivity index (χ0n) is 23.4. The summed E-state index contributed by atoms with van der Waals surface area (Å²) < 4.78 is 34.7. The Labute approximate surface area is 246 Å². The van der Waals surface area contributed by atoms with Crippen molar-refractivity contribution in [3.05, 3.63) is 108 Å². The zero-order chi connectivity index (χ0) is 30.8. The Kier molecular flexibility index (Phi) is 10.1. The maximum absolute atomic E-state index is 14.7. The number of rotatable bonds is 10. The molecule has 0 bridgehead atoms. The Hall–Kier alpha value is -5.59. The molecule has 0 aliphatic rings. The molecule has 0 fully saturated rings. The number of urea groups is 1. The second-order valence-corrected chi connectivity index (χ2v) is 9.31. The fourth-order valence-corrected chi connectivity index (χ4v) is 3.87. The Balaban J connectivity index is 1.22. The van der Waals surface area contributed by atoms with E-state index in [1.165, 1.54) is 47.3 Å². The lowest BCUT2D eigenvalue weighted by atomic mass is 10.1. The minimum atomic E-state index is -0.843. The Morgan fingerprint density at radius 3 is 2.44 bits per heavy atom. The van der Waals surface area contributed by atoms with E-state index in [0.29, 0.717) is 30.2 Å². The molecule has 0 saturated heterocycles. The first kappa shape index (κ1) is 30.4. The van der Waals surface area contributed by atoms with E-state index in [9.17, 15) is 23.2 Å². The van der Waals surface area contributed by atoms with Crippen LogP contribution in [-0.2, 0) is 11.2 Å². The zero-order valence-corrected chi connectivity index (χ0v) is 23.4. The van der Waals surface area contributed by atoms with Gasteiger partial charge in [-0.15, -0.1) is 0 Å². The lowest BCUT2D eigenvalue weighted by molar-refractivity contribution is -0.119. The second-order valence-electron chi connectivity index (χ2n) is 9.31. The standard InChI is InChI=1S/C30H29F2N7O4/c1-19-15-20(2)39(38-19)30(42)35-13-4-3-12-33-27-18-24(11-14-34-27)43-26-10-9-23(17-25(26)32)36-29(41)37-28(40)16-21-5-7-22(31)8-6-21/h3-11,14-15,17-18H,12-13,16H2,1-2H3,(H,33,34)(H,35,42)(H2,36,37,40,41)/b4-3+. The molecular weight excluding hydrogens is 560 g/mol. The molecule has 4 aromatic rings. The van der Waals surface area contributed by atoms with Crippen LogP contribution >= 0.6 is 0 Å². The third-order valence-electron chi connectivity index (χ3n) is 5.82. The number of halogens is 2. The maximum Gasteiger partial charge on any atom is 0.342 e. The summed E-state index contributed by atoms with van der Waals surface area (Å²) in [4.78, 5) is 40.6. The summed E-state index contributed by atoms with van der Waals surface area (Å²) in [6, 6.07) is 12.9. The van der Waals surface area contributed by atoms with Gasteiger partial charge in [0.15, 0.2) is 11.6 Å². The summed E-state index contributed by atoms with van der Waals surface area (Å²) in [6.07, 6.45) is 4.97. The van der Waals surface area contributed by atoms with E-state index in [0.717, 1.165) is 17.5 Å². The van der Waals surface area contributed by atoms with Crippen molar-refractivity contribution in [3.8, 4) is 11.5 Å². The number of hydrogen-bond donors (Lipinski definition) is 4. The Bertz CT molecular complexity index is 1640. The molecule has 11 nitrogen and oxygen atoms in total. The molecule has 2 heterocycles. The van der Waals surface area contributed by atoms with Crippen LogP contribution in [0.1, 0.15) is 17.0 Å². The van der Waals surface area contributed by atoms with Crippen LogP contribution in [0.25, 0.3) is 0 Å². The van der Waals surface area contributed by atoms with Crippen molar-refractivity contribution in [1.82, 2.24) is 25.4 Å². The predicted molar refractivity (Wildman–Crippen MR) is 156 cm³/mol. The monoisotopic (exact) mass is 589 g/mol. The van der Waals surface area contributed by atoms with Gasteiger partial charge < -0.3 is 20.7 Å². The lowest BCUT2D eigenvalue weighted by Crippen LogP contribution is -2.35. The van der Waals surface area contributed by atoms with E-state index < -0.39 is 23.6 Å². The summed E-state index contributed by atoms with van der Waals surface area (Å²) >= 11 is 0. The fourth-order valence-electron chi connectivity index (χ4n) is 3.87.